The average molecular weight is 457 g/mol. The number of carbonyl (C=O) groups excluding carboxylic acids is 2. The second-order valence-electron chi connectivity index (χ2n) is 9.25. The zero-order valence-corrected chi connectivity index (χ0v) is 19.0. The molecule has 0 spiro atoms. The van der Waals surface area contributed by atoms with Gasteiger partial charge < -0.3 is 19.9 Å². The summed E-state index contributed by atoms with van der Waals surface area (Å²) in [5.74, 6) is -1.75. The Morgan fingerprint density at radius 3 is 2.61 bits per heavy atom. The summed E-state index contributed by atoms with van der Waals surface area (Å²) in [5.41, 5.74) is -0.532. The van der Waals surface area contributed by atoms with Crippen molar-refractivity contribution in [1.29, 1.82) is 0 Å². The number of carbonyl (C=O) groups is 2. The molecule has 1 aromatic carbocycles. The van der Waals surface area contributed by atoms with Gasteiger partial charge in [0.05, 0.1) is 6.54 Å². The second-order valence-corrected chi connectivity index (χ2v) is 9.25. The highest BCUT2D eigenvalue weighted by molar-refractivity contribution is 5.99. The minimum Gasteiger partial charge on any atom is -0.503 e. The minimum absolute atomic E-state index is 0.0205. The summed E-state index contributed by atoms with van der Waals surface area (Å²) >= 11 is 0. The van der Waals surface area contributed by atoms with Gasteiger partial charge in [0.2, 0.25) is 5.43 Å². The van der Waals surface area contributed by atoms with Crippen LogP contribution in [0.25, 0.3) is 0 Å². The largest absolute Gasteiger partial charge is 0.503 e. The van der Waals surface area contributed by atoms with Gasteiger partial charge in [-0.1, -0.05) is 26.0 Å². The molecule has 0 bridgehead atoms. The number of nitrogens with one attached hydrogen (secondary N) is 1. The molecule has 2 aromatic rings. The van der Waals surface area contributed by atoms with Crippen molar-refractivity contribution in [3.05, 3.63) is 63.3 Å². The fourth-order valence-electron chi connectivity index (χ4n) is 4.69. The molecule has 0 radical (unpaired) electrons. The van der Waals surface area contributed by atoms with Gasteiger partial charge in [0.1, 0.15) is 17.5 Å². The Morgan fingerprint density at radius 2 is 1.94 bits per heavy atom. The van der Waals surface area contributed by atoms with Crippen LogP contribution in [0, 0.1) is 11.7 Å². The lowest BCUT2D eigenvalue weighted by atomic mass is 10.0. The molecule has 1 aromatic heterocycles. The predicted molar refractivity (Wildman–Crippen MR) is 120 cm³/mol. The molecule has 2 N–H and O–H groups in total. The summed E-state index contributed by atoms with van der Waals surface area (Å²) in [4.78, 5) is 42.9. The molecule has 1 fully saturated rings. The number of hydrogen-bond acceptors (Lipinski definition) is 5. The van der Waals surface area contributed by atoms with Gasteiger partial charge in [0, 0.05) is 31.9 Å². The molecule has 0 saturated carbocycles. The predicted octanol–water partition coefficient (Wildman–Crippen LogP) is 2.16. The van der Waals surface area contributed by atoms with Crippen LogP contribution < -0.4 is 10.7 Å². The van der Waals surface area contributed by atoms with Crippen LogP contribution in [0.3, 0.4) is 0 Å². The lowest BCUT2D eigenvalue weighted by Crippen LogP contribution is -2.64. The molecule has 8 nitrogen and oxygen atoms in total. The second kappa shape index (κ2) is 8.97. The lowest BCUT2D eigenvalue weighted by Gasteiger charge is -2.50. The number of hydrogen-bond donors (Lipinski definition) is 2. The molecule has 4 rings (SSSR count). The number of pyridine rings is 1. The molecule has 3 heterocycles. The first-order valence-corrected chi connectivity index (χ1v) is 11.2. The fraction of sp³-hybridized carbons (Fsp3) is 0.458. The molecule has 1 unspecified atom stereocenters. The Labute approximate surface area is 191 Å². The Hall–Kier alpha value is -3.20. The summed E-state index contributed by atoms with van der Waals surface area (Å²) < 4.78 is 14.6. The standard InChI is InChI=1S/C24H29FN4O4/c1-14(2)11-27-9-8-15(3)29-19(27)13-28-12-18(21(30)22(31)20(28)24(29)33)23(32)26-10-16-4-6-17(25)7-5-16/h4-7,12,14-15,19,31H,8-11,13H2,1-3H3,(H,26,32)/t15-,19?/m0/s1. The smallest absolute Gasteiger partial charge is 0.276 e. The fourth-order valence-corrected chi connectivity index (χ4v) is 4.69. The van der Waals surface area contributed by atoms with Crippen molar-refractivity contribution < 1.29 is 19.1 Å². The molecule has 1 saturated heterocycles. The van der Waals surface area contributed by atoms with Crippen LogP contribution in [0.2, 0.25) is 0 Å². The monoisotopic (exact) mass is 456 g/mol. The number of nitrogens with zero attached hydrogens (tertiary/aromatic N) is 3. The maximum atomic E-state index is 13.3. The highest BCUT2D eigenvalue weighted by atomic mass is 19.1. The Bertz CT molecular complexity index is 1130. The van der Waals surface area contributed by atoms with Crippen molar-refractivity contribution in [1.82, 2.24) is 19.7 Å². The van der Waals surface area contributed by atoms with Crippen molar-refractivity contribution in [2.75, 3.05) is 13.1 Å². The van der Waals surface area contributed by atoms with E-state index in [-0.39, 0.29) is 35.8 Å². The third-order valence-electron chi connectivity index (χ3n) is 6.32. The van der Waals surface area contributed by atoms with Crippen molar-refractivity contribution in [3.63, 3.8) is 0 Å². The SMILES string of the molecule is CC(C)CN1CC[C@H](C)N2C(=O)c3c(O)c(=O)c(C(=O)NCc4ccc(F)cc4)cn3CC12. The first kappa shape index (κ1) is 23.0. The van der Waals surface area contributed by atoms with Crippen LogP contribution in [0.5, 0.6) is 5.75 Å². The van der Waals surface area contributed by atoms with Crippen molar-refractivity contribution in [3.8, 4) is 5.75 Å². The number of aromatic hydroxyl groups is 1. The van der Waals surface area contributed by atoms with Gasteiger partial charge in [-0.2, -0.15) is 0 Å². The summed E-state index contributed by atoms with van der Waals surface area (Å²) in [6.07, 6.45) is 1.96. The number of halogens is 1. The van der Waals surface area contributed by atoms with Gasteiger partial charge in [-0.3, -0.25) is 19.3 Å². The van der Waals surface area contributed by atoms with Crippen LogP contribution >= 0.6 is 0 Å². The molecule has 2 atom stereocenters. The molecule has 9 heteroatoms. The summed E-state index contributed by atoms with van der Waals surface area (Å²) in [6.45, 7) is 8.31. The van der Waals surface area contributed by atoms with Crippen LogP contribution in [0.1, 0.15) is 53.6 Å². The summed E-state index contributed by atoms with van der Waals surface area (Å²) in [7, 11) is 0. The zero-order valence-electron chi connectivity index (χ0n) is 19.0. The number of amides is 2. The van der Waals surface area contributed by atoms with Gasteiger partial charge in [0.25, 0.3) is 11.8 Å². The van der Waals surface area contributed by atoms with E-state index in [4.69, 9.17) is 0 Å². The van der Waals surface area contributed by atoms with E-state index in [1.54, 1.807) is 4.90 Å². The topological polar surface area (TPSA) is 94.9 Å². The van der Waals surface area contributed by atoms with Gasteiger partial charge in [-0.05, 0) is 37.0 Å². The molecule has 2 amide bonds. The molecule has 2 aliphatic rings. The third-order valence-corrected chi connectivity index (χ3v) is 6.32. The number of aromatic nitrogens is 1. The summed E-state index contributed by atoms with van der Waals surface area (Å²) in [5, 5.41) is 13.3. The van der Waals surface area contributed by atoms with E-state index in [1.165, 1.54) is 35.0 Å². The van der Waals surface area contributed by atoms with E-state index in [0.29, 0.717) is 18.0 Å². The van der Waals surface area contributed by atoms with Crippen LogP contribution in [0.15, 0.2) is 35.3 Å². The van der Waals surface area contributed by atoms with Gasteiger partial charge >= 0.3 is 0 Å². The average Bonchev–Trinajstić information content (AvgIpc) is 2.77. The van der Waals surface area contributed by atoms with Crippen molar-refractivity contribution >= 4 is 11.8 Å². The molecular formula is C24H29FN4O4. The van der Waals surface area contributed by atoms with E-state index < -0.39 is 23.0 Å². The van der Waals surface area contributed by atoms with E-state index >= 15 is 0 Å². The van der Waals surface area contributed by atoms with E-state index in [9.17, 15) is 23.9 Å². The van der Waals surface area contributed by atoms with Crippen LogP contribution in [-0.4, -0.2) is 56.6 Å². The number of rotatable bonds is 5. The third kappa shape index (κ3) is 4.37. The Balaban J connectivity index is 1.64. The maximum Gasteiger partial charge on any atom is 0.276 e. The first-order valence-electron chi connectivity index (χ1n) is 11.2. The van der Waals surface area contributed by atoms with Gasteiger partial charge in [-0.15, -0.1) is 0 Å². The molecule has 0 aliphatic carbocycles. The van der Waals surface area contributed by atoms with Crippen LogP contribution in [0.4, 0.5) is 4.39 Å². The zero-order chi connectivity index (χ0) is 23.9. The highest BCUT2D eigenvalue weighted by Gasteiger charge is 2.43. The lowest BCUT2D eigenvalue weighted by molar-refractivity contribution is -0.0366. The van der Waals surface area contributed by atoms with Crippen LogP contribution in [-0.2, 0) is 13.1 Å². The number of fused-ring (bicyclic) bond motifs is 2. The van der Waals surface area contributed by atoms with Gasteiger partial charge in [-0.25, -0.2) is 4.39 Å². The van der Waals surface area contributed by atoms with Crippen molar-refractivity contribution in [2.24, 2.45) is 5.92 Å². The van der Waals surface area contributed by atoms with Crippen molar-refractivity contribution in [2.45, 2.75) is 52.5 Å². The minimum atomic E-state index is -0.881. The Kier molecular flexibility index (Phi) is 6.25. The highest BCUT2D eigenvalue weighted by Crippen LogP contribution is 2.31. The molecule has 2 aliphatic heterocycles. The Morgan fingerprint density at radius 1 is 1.24 bits per heavy atom. The maximum absolute atomic E-state index is 13.3. The van der Waals surface area contributed by atoms with E-state index in [1.807, 2.05) is 6.92 Å². The molecule has 176 valence electrons. The molecular weight excluding hydrogens is 427 g/mol. The quantitative estimate of drug-likeness (QED) is 0.719. The van der Waals surface area contributed by atoms with Gasteiger partial charge in [0.15, 0.2) is 11.4 Å². The number of benzene rings is 1. The molecule has 33 heavy (non-hydrogen) atoms. The van der Waals surface area contributed by atoms with E-state index in [0.717, 1.165) is 19.5 Å². The van der Waals surface area contributed by atoms with E-state index in [2.05, 4.69) is 24.1 Å². The first-order chi connectivity index (χ1) is 15.7. The normalized spacial score (nSPS) is 20.5. The summed E-state index contributed by atoms with van der Waals surface area (Å²) in [6, 6.07) is 5.62.